The quantitative estimate of drug-likeness (QED) is 0.126. The van der Waals surface area contributed by atoms with Crippen LogP contribution >= 0.6 is 11.3 Å². The van der Waals surface area contributed by atoms with E-state index in [1.807, 2.05) is 99.3 Å². The highest BCUT2D eigenvalue weighted by molar-refractivity contribution is 7.22. The molecule has 4 heterocycles. The molecule has 2 aromatic heterocycles. The van der Waals surface area contributed by atoms with E-state index in [2.05, 4.69) is 21.3 Å². The molecule has 3 aliphatic rings. The second-order valence-corrected chi connectivity index (χ2v) is 17.6. The predicted octanol–water partition coefficient (Wildman–Crippen LogP) is 8.25. The molecule has 5 aromatic rings. The van der Waals surface area contributed by atoms with Crippen LogP contribution in [0.4, 0.5) is 10.9 Å². The maximum Gasteiger partial charge on any atom is 0.358 e. The molecule has 296 valence electrons. The van der Waals surface area contributed by atoms with Crippen molar-refractivity contribution in [2.75, 3.05) is 43.0 Å². The number of rotatable bonds is 11. The number of carbonyl (C=O) groups excluding carboxylic acids is 2. The number of piperidine rings is 1. The first-order valence-electron chi connectivity index (χ1n) is 19.8. The number of carboxylic acid groups (broad SMARTS) is 1. The number of hydrogen-bond donors (Lipinski definition) is 2. The Morgan fingerprint density at radius 2 is 1.74 bits per heavy atom. The molecular formula is C45H49N5O6S. The zero-order valence-electron chi connectivity index (χ0n) is 32.9. The smallest absolute Gasteiger partial charge is 0.358 e. The van der Waals surface area contributed by atoms with Crippen LogP contribution in [0.1, 0.15) is 77.6 Å². The van der Waals surface area contributed by atoms with E-state index in [1.54, 1.807) is 0 Å². The lowest BCUT2D eigenvalue weighted by molar-refractivity contribution is -0.138. The van der Waals surface area contributed by atoms with E-state index in [0.717, 1.165) is 77.0 Å². The van der Waals surface area contributed by atoms with Gasteiger partial charge in [-0.2, -0.15) is 0 Å². The molecule has 2 fully saturated rings. The van der Waals surface area contributed by atoms with Gasteiger partial charge in [0.2, 0.25) is 0 Å². The highest BCUT2D eigenvalue weighted by Gasteiger charge is 2.44. The van der Waals surface area contributed by atoms with E-state index in [1.165, 1.54) is 11.3 Å². The lowest BCUT2D eigenvalue weighted by atomic mass is 9.91. The molecule has 1 saturated carbocycles. The Morgan fingerprint density at radius 3 is 2.49 bits per heavy atom. The van der Waals surface area contributed by atoms with Crippen molar-refractivity contribution in [1.29, 1.82) is 0 Å². The average molecular weight is 788 g/mol. The maximum absolute atomic E-state index is 13.8. The molecule has 12 heteroatoms. The van der Waals surface area contributed by atoms with Crippen LogP contribution < -0.4 is 15.0 Å². The number of esters is 1. The van der Waals surface area contributed by atoms with Gasteiger partial charge in [-0.1, -0.05) is 41.7 Å². The summed E-state index contributed by atoms with van der Waals surface area (Å²) in [6.45, 7) is 11.2. The second kappa shape index (κ2) is 15.9. The first kappa shape index (κ1) is 38.5. The Hall–Kier alpha value is -5.33. The Morgan fingerprint density at radius 1 is 0.947 bits per heavy atom. The highest BCUT2D eigenvalue weighted by atomic mass is 32.1. The average Bonchev–Trinajstić information content (AvgIpc) is 3.85. The van der Waals surface area contributed by atoms with Gasteiger partial charge in [-0.05, 0) is 149 Å². The van der Waals surface area contributed by atoms with Gasteiger partial charge in [-0.15, -0.1) is 0 Å². The van der Waals surface area contributed by atoms with E-state index in [9.17, 15) is 14.4 Å². The molecule has 3 aromatic carbocycles. The predicted molar refractivity (Wildman–Crippen MR) is 222 cm³/mol. The highest BCUT2D eigenvalue weighted by Crippen LogP contribution is 2.48. The summed E-state index contributed by atoms with van der Waals surface area (Å²) in [5.74, 6) is 1.74. The number of thiazole rings is 1. The number of fused-ring (bicyclic) bond motifs is 2. The minimum Gasteiger partial charge on any atom is -0.493 e. The van der Waals surface area contributed by atoms with E-state index in [4.69, 9.17) is 19.6 Å². The number of carboxylic acids is 1. The number of anilines is 2. The molecule has 57 heavy (non-hydrogen) atoms. The Bertz CT molecular complexity index is 2290. The van der Waals surface area contributed by atoms with Crippen LogP contribution in [0.25, 0.3) is 21.3 Å². The van der Waals surface area contributed by atoms with Gasteiger partial charge < -0.3 is 19.5 Å². The maximum atomic E-state index is 13.8. The molecule has 1 saturated heterocycles. The molecule has 0 spiro atoms. The van der Waals surface area contributed by atoms with Crippen molar-refractivity contribution in [3.05, 3.63) is 101 Å². The number of hydrogen-bond acceptors (Lipinski definition) is 10. The summed E-state index contributed by atoms with van der Waals surface area (Å²) in [4.78, 5) is 52.3. The first-order valence-corrected chi connectivity index (χ1v) is 20.6. The zero-order valence-corrected chi connectivity index (χ0v) is 33.7. The van der Waals surface area contributed by atoms with Gasteiger partial charge in [0, 0.05) is 24.2 Å². The largest absolute Gasteiger partial charge is 0.493 e. The topological polar surface area (TPSA) is 134 Å². The van der Waals surface area contributed by atoms with Crippen molar-refractivity contribution in [3.63, 3.8) is 0 Å². The van der Waals surface area contributed by atoms with Gasteiger partial charge in [0.1, 0.15) is 17.2 Å². The van der Waals surface area contributed by atoms with E-state index < -0.39 is 17.5 Å². The standard InChI is InChI=1S/C45H49N5O6S/c1-27-22-31(55-26-30-23-35(30)29-16-19-49(20-17-29)25-40(51)52)12-13-32(27)33-14-15-39(47-41(33)43(54)56-45(2,3)4)50-21-18-28-8-7-9-34(36(28)24-50)42(53)48-44-46-37-10-5-6-11-38(37)57-44/h5-15,22,29-30,35H,16-21,23-26H2,1-4H3,(H,51,52)(H,46,48,53)/t30-,35-/m1/s1. The molecule has 0 radical (unpaired) electrons. The number of carbonyl (C=O) groups is 3. The van der Waals surface area contributed by atoms with Crippen molar-refractivity contribution < 1.29 is 29.0 Å². The summed E-state index contributed by atoms with van der Waals surface area (Å²) < 4.78 is 13.2. The third kappa shape index (κ3) is 8.82. The second-order valence-electron chi connectivity index (χ2n) is 16.6. The SMILES string of the molecule is Cc1cc(OC[C@H]2C[C@@H]2C2CCN(CC(=O)O)CC2)ccc1-c1ccc(N2CCc3cccc(C(=O)Nc4nc5ccccc5s4)c3C2)nc1C(=O)OC(C)(C)C. The van der Waals surface area contributed by atoms with Gasteiger partial charge in [0.25, 0.3) is 5.91 Å². The summed E-state index contributed by atoms with van der Waals surface area (Å²) in [6.07, 6.45) is 3.96. The van der Waals surface area contributed by atoms with Gasteiger partial charge in [-0.25, -0.2) is 14.8 Å². The molecule has 2 atom stereocenters. The number of aliphatic carboxylic acids is 1. The molecule has 2 aliphatic heterocycles. The van der Waals surface area contributed by atoms with Gasteiger partial charge >= 0.3 is 11.9 Å². The first-order chi connectivity index (χ1) is 27.4. The lowest BCUT2D eigenvalue weighted by Gasteiger charge is -2.31. The number of para-hydroxylation sites is 1. The fourth-order valence-corrected chi connectivity index (χ4v) is 9.27. The van der Waals surface area contributed by atoms with E-state index >= 15 is 0 Å². The van der Waals surface area contributed by atoms with Crippen LogP contribution in [0.15, 0.2) is 72.8 Å². The minimum atomic E-state index is -0.759. The van der Waals surface area contributed by atoms with Crippen LogP contribution in [0.2, 0.25) is 0 Å². The number of ether oxygens (including phenoxy) is 2. The number of nitrogens with zero attached hydrogens (tertiary/aromatic N) is 4. The van der Waals surface area contributed by atoms with Crippen molar-refractivity contribution >= 4 is 50.3 Å². The monoisotopic (exact) mass is 787 g/mol. The molecule has 1 amide bonds. The number of aryl methyl sites for hydroxylation is 1. The molecule has 1 aliphatic carbocycles. The Kier molecular flexibility index (Phi) is 10.8. The molecule has 2 N–H and O–H groups in total. The molecule has 8 rings (SSSR count). The fourth-order valence-electron chi connectivity index (χ4n) is 8.41. The van der Waals surface area contributed by atoms with Crippen molar-refractivity contribution in [2.45, 2.75) is 65.5 Å². The van der Waals surface area contributed by atoms with Crippen molar-refractivity contribution in [1.82, 2.24) is 14.9 Å². The molecular weight excluding hydrogens is 739 g/mol. The number of likely N-dealkylation sites (tertiary alicyclic amines) is 1. The third-order valence-electron chi connectivity index (χ3n) is 11.4. The Labute approximate surface area is 337 Å². The number of benzene rings is 3. The number of aromatic nitrogens is 2. The normalized spacial score (nSPS) is 18.6. The third-order valence-corrected chi connectivity index (χ3v) is 12.3. The van der Waals surface area contributed by atoms with Crippen LogP contribution in [-0.2, 0) is 22.5 Å². The van der Waals surface area contributed by atoms with Crippen LogP contribution in [-0.4, -0.2) is 76.2 Å². The van der Waals surface area contributed by atoms with Crippen LogP contribution in [0.3, 0.4) is 0 Å². The van der Waals surface area contributed by atoms with Crippen LogP contribution in [0, 0.1) is 24.7 Å². The number of nitrogens with one attached hydrogen (secondary N) is 1. The zero-order chi connectivity index (χ0) is 39.8. The van der Waals surface area contributed by atoms with Gasteiger partial charge in [-0.3, -0.25) is 19.8 Å². The minimum absolute atomic E-state index is 0.127. The summed E-state index contributed by atoms with van der Waals surface area (Å²) in [5.41, 5.74) is 5.51. The number of amides is 1. The molecule has 0 unspecified atom stereocenters. The van der Waals surface area contributed by atoms with Crippen molar-refractivity contribution in [3.8, 4) is 16.9 Å². The molecule has 11 nitrogen and oxygen atoms in total. The van der Waals surface area contributed by atoms with E-state index in [0.29, 0.717) is 59.5 Å². The van der Waals surface area contributed by atoms with Gasteiger partial charge in [0.05, 0.1) is 23.4 Å². The van der Waals surface area contributed by atoms with Crippen molar-refractivity contribution in [2.24, 2.45) is 17.8 Å². The summed E-state index contributed by atoms with van der Waals surface area (Å²) in [5, 5.41) is 12.7. The van der Waals surface area contributed by atoms with Crippen LogP contribution in [0.5, 0.6) is 5.75 Å². The lowest BCUT2D eigenvalue weighted by Crippen LogP contribution is -2.37. The van der Waals surface area contributed by atoms with E-state index in [-0.39, 0.29) is 18.1 Å². The molecule has 0 bridgehead atoms. The fraction of sp³-hybridized carbons (Fsp3) is 0.400. The summed E-state index contributed by atoms with van der Waals surface area (Å²) in [6, 6.07) is 23.5. The van der Waals surface area contributed by atoms with Gasteiger partial charge in [0.15, 0.2) is 10.8 Å². The number of pyridine rings is 1. The summed E-state index contributed by atoms with van der Waals surface area (Å²) in [7, 11) is 0. The summed E-state index contributed by atoms with van der Waals surface area (Å²) >= 11 is 1.45. The Balaban J connectivity index is 0.977.